The average molecular weight is 227 g/mol. The van der Waals surface area contributed by atoms with Crippen molar-refractivity contribution in [3.8, 4) is 6.07 Å². The molecule has 0 heterocycles. The second-order valence-electron chi connectivity index (χ2n) is 4.07. The predicted molar refractivity (Wildman–Crippen MR) is 56.4 cm³/mol. The number of hydrogen-bond donors (Lipinski definition) is 2. The number of hydrogen-bond acceptors (Lipinski definition) is 4. The summed E-state index contributed by atoms with van der Waals surface area (Å²) in [6.45, 7) is 4.39. The fraction of sp³-hybridized carbons (Fsp3) is 0.727. The molecule has 0 saturated heterocycles. The van der Waals surface area contributed by atoms with Crippen molar-refractivity contribution in [3.63, 3.8) is 0 Å². The van der Waals surface area contributed by atoms with Crippen molar-refractivity contribution in [2.24, 2.45) is 11.3 Å². The van der Waals surface area contributed by atoms with E-state index in [1.165, 1.54) is 13.8 Å². The molecule has 90 valence electrons. The van der Waals surface area contributed by atoms with Gasteiger partial charge >= 0.3 is 5.97 Å². The van der Waals surface area contributed by atoms with Crippen molar-refractivity contribution in [2.75, 3.05) is 0 Å². The molecular formula is C11H17NO4. The summed E-state index contributed by atoms with van der Waals surface area (Å²) in [5.74, 6) is -2.58. The van der Waals surface area contributed by atoms with Gasteiger partial charge in [0, 0.05) is 5.92 Å². The molecule has 0 aliphatic carbocycles. The van der Waals surface area contributed by atoms with Crippen LogP contribution < -0.4 is 0 Å². The van der Waals surface area contributed by atoms with Gasteiger partial charge < -0.3 is 10.2 Å². The van der Waals surface area contributed by atoms with Gasteiger partial charge in [-0.2, -0.15) is 5.26 Å². The third-order valence-corrected chi connectivity index (χ3v) is 3.01. The number of aliphatic hydroxyl groups excluding tert-OH is 1. The lowest BCUT2D eigenvalue weighted by atomic mass is 9.76. The maximum atomic E-state index is 11.9. The third kappa shape index (κ3) is 2.80. The SMILES string of the molecule is CCC(C)(C(=O)O)C(=O)C(C)[C@H](O)CC#N. The summed E-state index contributed by atoms with van der Waals surface area (Å²) in [4.78, 5) is 22.9. The van der Waals surface area contributed by atoms with E-state index in [9.17, 15) is 14.7 Å². The number of nitriles is 1. The number of nitrogens with zero attached hydrogens (tertiary/aromatic N) is 1. The van der Waals surface area contributed by atoms with E-state index in [1.54, 1.807) is 13.0 Å². The van der Waals surface area contributed by atoms with E-state index < -0.39 is 29.2 Å². The third-order valence-electron chi connectivity index (χ3n) is 3.01. The Hall–Kier alpha value is -1.41. The van der Waals surface area contributed by atoms with Crippen LogP contribution in [-0.2, 0) is 9.59 Å². The van der Waals surface area contributed by atoms with Crippen LogP contribution in [0, 0.1) is 22.7 Å². The van der Waals surface area contributed by atoms with Crippen LogP contribution in [0.5, 0.6) is 0 Å². The fourth-order valence-electron chi connectivity index (χ4n) is 1.38. The molecule has 0 spiro atoms. The molecule has 0 rings (SSSR count). The van der Waals surface area contributed by atoms with Crippen molar-refractivity contribution < 1.29 is 19.8 Å². The summed E-state index contributed by atoms with van der Waals surface area (Å²) in [6, 6.07) is 1.75. The van der Waals surface area contributed by atoms with E-state index in [1.807, 2.05) is 0 Å². The number of aliphatic carboxylic acids is 1. The van der Waals surface area contributed by atoms with Gasteiger partial charge in [-0.05, 0) is 13.3 Å². The van der Waals surface area contributed by atoms with Crippen LogP contribution in [0.2, 0.25) is 0 Å². The van der Waals surface area contributed by atoms with E-state index in [-0.39, 0.29) is 12.8 Å². The van der Waals surface area contributed by atoms with Crippen LogP contribution in [0.3, 0.4) is 0 Å². The maximum Gasteiger partial charge on any atom is 0.316 e. The van der Waals surface area contributed by atoms with E-state index in [0.717, 1.165) is 0 Å². The topological polar surface area (TPSA) is 98.4 Å². The lowest BCUT2D eigenvalue weighted by molar-refractivity contribution is -0.156. The molecule has 0 amide bonds. The molecule has 5 nitrogen and oxygen atoms in total. The Labute approximate surface area is 94.7 Å². The molecule has 0 radical (unpaired) electrons. The van der Waals surface area contributed by atoms with Crippen molar-refractivity contribution in [2.45, 2.75) is 39.7 Å². The Morgan fingerprint density at radius 3 is 2.31 bits per heavy atom. The quantitative estimate of drug-likeness (QED) is 0.659. The number of rotatable bonds is 6. The molecule has 0 bridgehead atoms. The predicted octanol–water partition coefficient (Wildman–Crippen LogP) is 0.967. The summed E-state index contributed by atoms with van der Waals surface area (Å²) in [5, 5.41) is 26.9. The van der Waals surface area contributed by atoms with Gasteiger partial charge in [-0.25, -0.2) is 0 Å². The van der Waals surface area contributed by atoms with E-state index in [4.69, 9.17) is 10.4 Å². The number of Topliss-reactive ketones (excluding diaryl/α,β-unsaturated/α-hetero) is 1. The average Bonchev–Trinajstić information content (AvgIpc) is 2.25. The summed E-state index contributed by atoms with van der Waals surface area (Å²) in [6.07, 6.45) is -1.13. The normalized spacial score (nSPS) is 17.9. The molecule has 16 heavy (non-hydrogen) atoms. The first-order valence-corrected chi connectivity index (χ1v) is 5.14. The van der Waals surface area contributed by atoms with Gasteiger partial charge in [0.05, 0.1) is 18.6 Å². The first-order chi connectivity index (χ1) is 7.31. The van der Waals surface area contributed by atoms with Gasteiger partial charge in [0.2, 0.25) is 0 Å². The Morgan fingerprint density at radius 1 is 1.50 bits per heavy atom. The van der Waals surface area contributed by atoms with E-state index in [2.05, 4.69) is 0 Å². The zero-order valence-electron chi connectivity index (χ0n) is 9.73. The van der Waals surface area contributed by atoms with Gasteiger partial charge in [-0.15, -0.1) is 0 Å². The molecular weight excluding hydrogens is 210 g/mol. The Bertz CT molecular complexity index is 320. The number of carbonyl (C=O) groups is 2. The maximum absolute atomic E-state index is 11.9. The minimum atomic E-state index is -1.49. The molecule has 0 fully saturated rings. The van der Waals surface area contributed by atoms with Crippen LogP contribution in [0.1, 0.15) is 33.6 Å². The summed E-state index contributed by atoms with van der Waals surface area (Å²) in [7, 11) is 0. The summed E-state index contributed by atoms with van der Waals surface area (Å²) >= 11 is 0. The minimum absolute atomic E-state index is 0.158. The largest absolute Gasteiger partial charge is 0.481 e. The zero-order valence-corrected chi connectivity index (χ0v) is 9.73. The van der Waals surface area contributed by atoms with Crippen molar-refractivity contribution in [1.29, 1.82) is 5.26 Å². The first-order valence-electron chi connectivity index (χ1n) is 5.14. The smallest absolute Gasteiger partial charge is 0.316 e. The lowest BCUT2D eigenvalue weighted by Crippen LogP contribution is -2.42. The van der Waals surface area contributed by atoms with Crippen LogP contribution in [0.15, 0.2) is 0 Å². The van der Waals surface area contributed by atoms with Crippen LogP contribution >= 0.6 is 0 Å². The second kappa shape index (κ2) is 5.61. The molecule has 2 N–H and O–H groups in total. The molecule has 3 atom stereocenters. The Balaban J connectivity index is 4.91. The van der Waals surface area contributed by atoms with Crippen LogP contribution in [0.25, 0.3) is 0 Å². The number of carbonyl (C=O) groups excluding carboxylic acids is 1. The fourth-order valence-corrected chi connectivity index (χ4v) is 1.38. The monoisotopic (exact) mass is 227 g/mol. The van der Waals surface area contributed by atoms with Crippen molar-refractivity contribution in [1.82, 2.24) is 0 Å². The number of ketones is 1. The first kappa shape index (κ1) is 14.6. The lowest BCUT2D eigenvalue weighted by Gasteiger charge is -2.26. The van der Waals surface area contributed by atoms with Gasteiger partial charge in [0.1, 0.15) is 5.41 Å². The van der Waals surface area contributed by atoms with Gasteiger partial charge in [0.15, 0.2) is 5.78 Å². The van der Waals surface area contributed by atoms with Gasteiger partial charge in [0.25, 0.3) is 0 Å². The highest BCUT2D eigenvalue weighted by Gasteiger charge is 2.43. The highest BCUT2D eigenvalue weighted by Crippen LogP contribution is 2.28. The summed E-state index contributed by atoms with van der Waals surface area (Å²) in [5.41, 5.74) is -1.49. The highest BCUT2D eigenvalue weighted by atomic mass is 16.4. The second-order valence-corrected chi connectivity index (χ2v) is 4.07. The minimum Gasteiger partial charge on any atom is -0.481 e. The van der Waals surface area contributed by atoms with Gasteiger partial charge in [-0.1, -0.05) is 13.8 Å². The number of carboxylic acids is 1. The molecule has 0 aliphatic rings. The van der Waals surface area contributed by atoms with E-state index in [0.29, 0.717) is 0 Å². The molecule has 0 aromatic carbocycles. The zero-order chi connectivity index (χ0) is 12.9. The Kier molecular flexibility index (Phi) is 5.12. The van der Waals surface area contributed by atoms with Crippen LogP contribution in [-0.4, -0.2) is 28.1 Å². The Morgan fingerprint density at radius 2 is 2.00 bits per heavy atom. The molecule has 0 aromatic heterocycles. The molecule has 0 aromatic rings. The molecule has 0 saturated carbocycles. The van der Waals surface area contributed by atoms with Crippen molar-refractivity contribution >= 4 is 11.8 Å². The standard InChI is InChI=1S/C11H17NO4/c1-4-11(3,10(15)16)9(14)7(2)8(13)5-6-12/h7-8,13H,4-5H2,1-3H3,(H,15,16)/t7?,8-,11?/m1/s1. The molecule has 5 heteroatoms. The molecule has 2 unspecified atom stereocenters. The number of carboxylic acid groups (broad SMARTS) is 1. The van der Waals surface area contributed by atoms with Gasteiger partial charge in [-0.3, -0.25) is 9.59 Å². The number of aliphatic hydroxyl groups is 1. The van der Waals surface area contributed by atoms with Crippen molar-refractivity contribution in [3.05, 3.63) is 0 Å². The highest BCUT2D eigenvalue weighted by molar-refractivity contribution is 6.03. The van der Waals surface area contributed by atoms with E-state index >= 15 is 0 Å². The summed E-state index contributed by atoms with van der Waals surface area (Å²) < 4.78 is 0. The van der Waals surface area contributed by atoms with Crippen LogP contribution in [0.4, 0.5) is 0 Å². The molecule has 0 aliphatic heterocycles.